The molecule has 1 aromatic carbocycles. The average Bonchev–Trinajstić information content (AvgIpc) is 2.42. The summed E-state index contributed by atoms with van der Waals surface area (Å²) in [4.78, 5) is 22.2. The molecule has 0 aliphatic heterocycles. The first-order valence-electron chi connectivity index (χ1n) is 6.56. The molecule has 0 atom stereocenters. The number of amides is 1. The van der Waals surface area contributed by atoms with Gasteiger partial charge in [0.15, 0.2) is 5.75 Å². The topological polar surface area (TPSA) is 81.5 Å². The molecule has 0 aliphatic carbocycles. The summed E-state index contributed by atoms with van der Waals surface area (Å²) in [6.07, 6.45) is 1.92. The minimum Gasteiger partial charge on any atom is -0.490 e. The van der Waals surface area contributed by atoms with Gasteiger partial charge in [-0.25, -0.2) is 0 Å². The number of nitro benzene ring substituents is 1. The number of carbonyl (C=O) groups excluding carboxylic acids is 1. The number of nitro groups is 1. The second-order valence-electron chi connectivity index (χ2n) is 4.94. The Morgan fingerprint density at radius 3 is 2.70 bits per heavy atom. The first kappa shape index (κ1) is 15.9. The zero-order valence-electron chi connectivity index (χ0n) is 12.0. The molecular weight excluding hydrogens is 260 g/mol. The fourth-order valence-corrected chi connectivity index (χ4v) is 1.79. The quantitative estimate of drug-likeness (QED) is 0.473. The van der Waals surface area contributed by atoms with Gasteiger partial charge in [0.05, 0.1) is 12.0 Å². The van der Waals surface area contributed by atoms with Crippen LogP contribution in [0.1, 0.15) is 37.0 Å². The van der Waals surface area contributed by atoms with Crippen LogP contribution >= 0.6 is 0 Å². The molecule has 1 rings (SSSR count). The molecule has 0 aliphatic rings. The lowest BCUT2D eigenvalue weighted by atomic mass is 10.1. The van der Waals surface area contributed by atoms with Crippen molar-refractivity contribution in [2.24, 2.45) is 5.92 Å². The number of rotatable bonds is 7. The van der Waals surface area contributed by atoms with Gasteiger partial charge in [-0.3, -0.25) is 14.9 Å². The van der Waals surface area contributed by atoms with Gasteiger partial charge in [-0.1, -0.05) is 13.8 Å². The molecule has 6 nitrogen and oxygen atoms in total. The molecular formula is C14H20N2O4. The van der Waals surface area contributed by atoms with Crippen molar-refractivity contribution >= 4 is 11.6 Å². The van der Waals surface area contributed by atoms with E-state index in [1.165, 1.54) is 25.3 Å². The summed E-state index contributed by atoms with van der Waals surface area (Å²) in [7, 11) is 1.36. The highest BCUT2D eigenvalue weighted by Crippen LogP contribution is 2.27. The minimum absolute atomic E-state index is 0.145. The van der Waals surface area contributed by atoms with E-state index in [2.05, 4.69) is 19.2 Å². The van der Waals surface area contributed by atoms with Crippen LogP contribution in [-0.4, -0.2) is 24.5 Å². The van der Waals surface area contributed by atoms with E-state index in [0.717, 1.165) is 12.8 Å². The average molecular weight is 280 g/mol. The molecule has 0 saturated heterocycles. The minimum atomic E-state index is -0.561. The third-order valence-corrected chi connectivity index (χ3v) is 2.88. The number of hydrogen-bond donors (Lipinski definition) is 1. The second-order valence-corrected chi connectivity index (χ2v) is 4.94. The maximum absolute atomic E-state index is 11.9. The summed E-state index contributed by atoms with van der Waals surface area (Å²) in [6.45, 7) is 4.81. The zero-order chi connectivity index (χ0) is 15.1. The predicted molar refractivity (Wildman–Crippen MR) is 76.1 cm³/mol. The number of carbonyl (C=O) groups is 1. The molecule has 0 heterocycles. The normalized spacial score (nSPS) is 10.4. The van der Waals surface area contributed by atoms with Crippen molar-refractivity contribution < 1.29 is 14.5 Å². The van der Waals surface area contributed by atoms with Crippen LogP contribution in [0.3, 0.4) is 0 Å². The van der Waals surface area contributed by atoms with E-state index < -0.39 is 4.92 Å². The van der Waals surface area contributed by atoms with Gasteiger partial charge in [-0.05, 0) is 30.9 Å². The van der Waals surface area contributed by atoms with Crippen molar-refractivity contribution in [1.29, 1.82) is 0 Å². The Morgan fingerprint density at radius 2 is 2.15 bits per heavy atom. The van der Waals surface area contributed by atoms with E-state index in [4.69, 9.17) is 4.74 Å². The van der Waals surface area contributed by atoms with E-state index >= 15 is 0 Å². The van der Waals surface area contributed by atoms with Crippen LogP contribution in [0, 0.1) is 16.0 Å². The molecule has 0 aromatic heterocycles. The number of benzene rings is 1. The maximum Gasteiger partial charge on any atom is 0.311 e. The highest BCUT2D eigenvalue weighted by atomic mass is 16.6. The molecule has 6 heteroatoms. The summed E-state index contributed by atoms with van der Waals surface area (Å²) in [5, 5.41) is 13.6. The van der Waals surface area contributed by atoms with Crippen LogP contribution in [0.5, 0.6) is 5.75 Å². The van der Waals surface area contributed by atoms with Crippen LogP contribution in [0.4, 0.5) is 5.69 Å². The fraction of sp³-hybridized carbons (Fsp3) is 0.500. The Labute approximate surface area is 118 Å². The Kier molecular flexibility index (Phi) is 5.96. The first-order chi connectivity index (χ1) is 9.45. The summed E-state index contributed by atoms with van der Waals surface area (Å²) in [5.74, 6) is 0.430. The Hall–Kier alpha value is -2.11. The molecule has 1 amide bonds. The zero-order valence-corrected chi connectivity index (χ0v) is 12.0. The van der Waals surface area contributed by atoms with Crippen molar-refractivity contribution in [2.45, 2.75) is 26.7 Å². The van der Waals surface area contributed by atoms with E-state index in [9.17, 15) is 14.9 Å². The van der Waals surface area contributed by atoms with E-state index in [1.807, 2.05) is 0 Å². The molecule has 0 unspecified atom stereocenters. The summed E-state index contributed by atoms with van der Waals surface area (Å²) in [6, 6.07) is 4.18. The third kappa shape index (κ3) is 4.53. The van der Waals surface area contributed by atoms with Gasteiger partial charge in [0.25, 0.3) is 5.91 Å². The molecule has 1 aromatic rings. The van der Waals surface area contributed by atoms with Gasteiger partial charge in [-0.2, -0.15) is 0 Å². The summed E-state index contributed by atoms with van der Waals surface area (Å²) >= 11 is 0. The SMILES string of the molecule is COc1ccc(C(=O)NCCCC(C)C)cc1[N+](=O)[O-]. The predicted octanol–water partition coefficient (Wildman–Crippen LogP) is 2.77. The van der Waals surface area contributed by atoms with E-state index in [1.54, 1.807) is 0 Å². The Morgan fingerprint density at radius 1 is 1.45 bits per heavy atom. The van der Waals surface area contributed by atoms with Gasteiger partial charge in [0.2, 0.25) is 0 Å². The van der Waals surface area contributed by atoms with Crippen LogP contribution in [0.25, 0.3) is 0 Å². The van der Waals surface area contributed by atoms with Crippen LogP contribution in [0.15, 0.2) is 18.2 Å². The number of hydrogen-bond acceptors (Lipinski definition) is 4. The molecule has 0 radical (unpaired) electrons. The monoisotopic (exact) mass is 280 g/mol. The highest BCUT2D eigenvalue weighted by Gasteiger charge is 2.17. The molecule has 1 N–H and O–H groups in total. The van der Waals surface area contributed by atoms with Crippen molar-refractivity contribution in [1.82, 2.24) is 5.32 Å². The van der Waals surface area contributed by atoms with E-state index in [0.29, 0.717) is 12.5 Å². The summed E-state index contributed by atoms with van der Waals surface area (Å²) < 4.78 is 4.89. The van der Waals surface area contributed by atoms with Crippen LogP contribution in [0.2, 0.25) is 0 Å². The lowest BCUT2D eigenvalue weighted by Gasteiger charge is -2.08. The molecule has 0 fully saturated rings. The van der Waals surface area contributed by atoms with Gasteiger partial charge in [0.1, 0.15) is 0 Å². The van der Waals surface area contributed by atoms with Gasteiger partial charge in [-0.15, -0.1) is 0 Å². The lowest BCUT2D eigenvalue weighted by molar-refractivity contribution is -0.385. The number of nitrogens with one attached hydrogen (secondary N) is 1. The number of nitrogens with zero attached hydrogens (tertiary/aromatic N) is 1. The lowest BCUT2D eigenvalue weighted by Crippen LogP contribution is -2.24. The van der Waals surface area contributed by atoms with Gasteiger partial charge < -0.3 is 10.1 Å². The van der Waals surface area contributed by atoms with Gasteiger partial charge >= 0.3 is 5.69 Å². The molecule has 0 bridgehead atoms. The number of ether oxygens (including phenoxy) is 1. The van der Waals surface area contributed by atoms with Crippen molar-refractivity contribution in [3.63, 3.8) is 0 Å². The number of methoxy groups -OCH3 is 1. The Balaban J connectivity index is 2.69. The largest absolute Gasteiger partial charge is 0.490 e. The van der Waals surface area contributed by atoms with Crippen molar-refractivity contribution in [3.8, 4) is 5.75 Å². The molecule has 0 saturated carbocycles. The van der Waals surface area contributed by atoms with Gasteiger partial charge in [0, 0.05) is 18.2 Å². The molecule has 0 spiro atoms. The van der Waals surface area contributed by atoms with Crippen molar-refractivity contribution in [2.75, 3.05) is 13.7 Å². The van der Waals surface area contributed by atoms with Crippen LogP contribution in [-0.2, 0) is 0 Å². The molecule has 110 valence electrons. The maximum atomic E-state index is 11.9. The smallest absolute Gasteiger partial charge is 0.311 e. The summed E-state index contributed by atoms with van der Waals surface area (Å²) in [5.41, 5.74) is 0.0596. The fourth-order valence-electron chi connectivity index (χ4n) is 1.79. The van der Waals surface area contributed by atoms with Crippen LogP contribution < -0.4 is 10.1 Å². The third-order valence-electron chi connectivity index (χ3n) is 2.88. The molecule has 20 heavy (non-hydrogen) atoms. The van der Waals surface area contributed by atoms with Crippen molar-refractivity contribution in [3.05, 3.63) is 33.9 Å². The highest BCUT2D eigenvalue weighted by molar-refractivity contribution is 5.95. The first-order valence-corrected chi connectivity index (χ1v) is 6.56. The standard InChI is InChI=1S/C14H20N2O4/c1-10(2)5-4-8-15-14(17)11-6-7-13(20-3)12(9-11)16(18)19/h6-7,9-10H,4-5,8H2,1-3H3,(H,15,17). The Bertz CT molecular complexity index is 486. The second kappa shape index (κ2) is 7.47. The van der Waals surface area contributed by atoms with E-state index in [-0.39, 0.29) is 22.9 Å².